The largest absolute Gasteiger partial charge is 0.486 e. The van der Waals surface area contributed by atoms with Crippen molar-refractivity contribution in [3.05, 3.63) is 61.0 Å². The van der Waals surface area contributed by atoms with Crippen molar-refractivity contribution in [3.8, 4) is 5.75 Å². The van der Waals surface area contributed by atoms with Crippen LogP contribution < -0.4 is 10.1 Å². The van der Waals surface area contributed by atoms with Gasteiger partial charge in [0.25, 0.3) is 0 Å². The van der Waals surface area contributed by atoms with E-state index < -0.39 is 0 Å². The molecule has 0 fully saturated rings. The fourth-order valence-electron chi connectivity index (χ4n) is 2.21. The van der Waals surface area contributed by atoms with Gasteiger partial charge in [-0.05, 0) is 31.5 Å². The number of thioether (sulfide) groups is 1. The lowest BCUT2D eigenvalue weighted by Crippen LogP contribution is -2.31. The van der Waals surface area contributed by atoms with E-state index in [1.165, 1.54) is 11.8 Å². The van der Waals surface area contributed by atoms with Gasteiger partial charge in [0.2, 0.25) is 5.91 Å². The fraction of sp³-hybridized carbons (Fsp3) is 0.316. The second-order valence-electron chi connectivity index (χ2n) is 5.70. The van der Waals surface area contributed by atoms with Crippen LogP contribution in [0.25, 0.3) is 0 Å². The van der Waals surface area contributed by atoms with Crippen LogP contribution in [0.3, 0.4) is 0 Å². The van der Waals surface area contributed by atoms with Crippen molar-refractivity contribution in [1.29, 1.82) is 0 Å². The number of rotatable bonds is 10. The number of hydrogen-bond acceptors (Lipinski definition) is 5. The van der Waals surface area contributed by atoms with Crippen LogP contribution in [0, 0.1) is 6.92 Å². The van der Waals surface area contributed by atoms with Gasteiger partial charge >= 0.3 is 0 Å². The van der Waals surface area contributed by atoms with Crippen LogP contribution in [0.1, 0.15) is 18.3 Å². The van der Waals surface area contributed by atoms with Gasteiger partial charge in [-0.3, -0.25) is 9.36 Å². The molecule has 1 heterocycles. The first-order valence-electron chi connectivity index (χ1n) is 8.32. The van der Waals surface area contributed by atoms with Crippen LogP contribution in [-0.4, -0.2) is 32.5 Å². The van der Waals surface area contributed by atoms with Gasteiger partial charge in [-0.25, -0.2) is 0 Å². The molecular formula is C19H24N4O2S. The number of amides is 1. The molecule has 138 valence electrons. The molecule has 0 bridgehead atoms. The van der Waals surface area contributed by atoms with Crippen molar-refractivity contribution in [2.75, 3.05) is 6.54 Å². The van der Waals surface area contributed by atoms with Gasteiger partial charge in [0.1, 0.15) is 12.4 Å². The zero-order chi connectivity index (χ0) is 18.9. The Bertz CT molecular complexity index is 773. The number of allylic oxidation sites excluding steroid dienone is 1. The van der Waals surface area contributed by atoms with Crippen molar-refractivity contribution in [1.82, 2.24) is 20.1 Å². The summed E-state index contributed by atoms with van der Waals surface area (Å²) in [4.78, 5) is 12.0. The predicted octanol–water partition coefficient (Wildman–Crippen LogP) is 3.13. The number of nitrogens with one attached hydrogen (secondary N) is 1. The summed E-state index contributed by atoms with van der Waals surface area (Å²) in [5.74, 6) is 1.40. The molecule has 6 nitrogen and oxygen atoms in total. The molecule has 0 unspecified atom stereocenters. The molecule has 2 aromatic rings. The Morgan fingerprint density at radius 1 is 1.38 bits per heavy atom. The van der Waals surface area contributed by atoms with Crippen LogP contribution in [0.15, 0.2) is 54.7 Å². The zero-order valence-electron chi connectivity index (χ0n) is 15.1. The molecule has 0 aliphatic rings. The van der Waals surface area contributed by atoms with Crippen molar-refractivity contribution < 1.29 is 9.53 Å². The highest BCUT2D eigenvalue weighted by molar-refractivity contribution is 8.00. The lowest BCUT2D eigenvalue weighted by molar-refractivity contribution is -0.120. The molecule has 0 radical (unpaired) electrons. The van der Waals surface area contributed by atoms with E-state index in [2.05, 4.69) is 28.7 Å². The molecule has 1 aromatic heterocycles. The monoisotopic (exact) mass is 372 g/mol. The number of ether oxygens (including phenoxy) is 1. The van der Waals surface area contributed by atoms with Gasteiger partial charge in [0, 0.05) is 13.1 Å². The molecule has 0 saturated carbocycles. The Hall–Kier alpha value is -2.54. The summed E-state index contributed by atoms with van der Waals surface area (Å²) in [7, 11) is 0. The first-order chi connectivity index (χ1) is 12.5. The zero-order valence-corrected chi connectivity index (χ0v) is 16.0. The minimum Gasteiger partial charge on any atom is -0.486 e. The summed E-state index contributed by atoms with van der Waals surface area (Å²) in [6.07, 6.45) is 3.42. The van der Waals surface area contributed by atoms with E-state index >= 15 is 0 Å². The number of benzene rings is 1. The normalized spacial score (nSPS) is 11.6. The first kappa shape index (κ1) is 19.8. The Labute approximate surface area is 158 Å². The van der Waals surface area contributed by atoms with Crippen LogP contribution in [0.2, 0.25) is 0 Å². The van der Waals surface area contributed by atoms with E-state index in [1.807, 2.05) is 42.7 Å². The third-order valence-electron chi connectivity index (χ3n) is 3.53. The first-order valence-corrected chi connectivity index (χ1v) is 9.20. The molecule has 26 heavy (non-hydrogen) atoms. The van der Waals surface area contributed by atoms with E-state index in [9.17, 15) is 4.79 Å². The third kappa shape index (κ3) is 5.49. The summed E-state index contributed by atoms with van der Waals surface area (Å²) >= 11 is 1.35. The topological polar surface area (TPSA) is 69.0 Å². The summed E-state index contributed by atoms with van der Waals surface area (Å²) in [5, 5.41) is 11.6. The maximum Gasteiger partial charge on any atom is 0.233 e. The van der Waals surface area contributed by atoms with Crippen LogP contribution in [0.5, 0.6) is 5.75 Å². The number of carbonyl (C=O) groups excluding carboxylic acids is 1. The summed E-state index contributed by atoms with van der Waals surface area (Å²) in [6, 6.07) is 7.84. The molecule has 1 aromatic carbocycles. The lowest BCUT2D eigenvalue weighted by Gasteiger charge is -2.12. The van der Waals surface area contributed by atoms with Crippen LogP contribution in [-0.2, 0) is 17.9 Å². The fourth-order valence-corrected chi connectivity index (χ4v) is 3.11. The quantitative estimate of drug-likeness (QED) is 0.513. The minimum atomic E-state index is -0.298. The second-order valence-corrected chi connectivity index (χ2v) is 7.01. The molecule has 1 amide bonds. The highest BCUT2D eigenvalue weighted by Crippen LogP contribution is 2.23. The number of nitrogens with zero attached hydrogens (tertiary/aromatic N) is 3. The Balaban J connectivity index is 2.07. The highest BCUT2D eigenvalue weighted by Gasteiger charge is 2.19. The second kappa shape index (κ2) is 9.82. The lowest BCUT2D eigenvalue weighted by atomic mass is 10.2. The maximum absolute atomic E-state index is 12.0. The number of aryl methyl sites for hydroxylation is 1. The number of aromatic nitrogens is 3. The SMILES string of the molecule is C=CCNC(=O)[C@@H](C)Sc1nnc(COc2cccc(C)c2)n1CC=C. The maximum atomic E-state index is 12.0. The van der Waals surface area contributed by atoms with Crippen LogP contribution >= 0.6 is 11.8 Å². The molecule has 0 spiro atoms. The number of carbonyl (C=O) groups is 1. The molecule has 7 heteroatoms. The van der Waals surface area contributed by atoms with Gasteiger partial charge in [-0.1, -0.05) is 36.0 Å². The average molecular weight is 372 g/mol. The minimum absolute atomic E-state index is 0.0689. The van der Waals surface area contributed by atoms with Crippen molar-refractivity contribution >= 4 is 17.7 Å². The van der Waals surface area contributed by atoms with E-state index in [4.69, 9.17) is 4.74 Å². The van der Waals surface area contributed by atoms with E-state index in [0.717, 1.165) is 11.3 Å². The molecular weight excluding hydrogens is 348 g/mol. The summed E-state index contributed by atoms with van der Waals surface area (Å²) in [6.45, 7) is 12.5. The van der Waals surface area contributed by atoms with Gasteiger partial charge in [-0.15, -0.1) is 23.4 Å². The van der Waals surface area contributed by atoms with Crippen molar-refractivity contribution in [2.24, 2.45) is 0 Å². The number of hydrogen-bond donors (Lipinski definition) is 1. The molecule has 1 atom stereocenters. The van der Waals surface area contributed by atoms with E-state index in [0.29, 0.717) is 30.7 Å². The Morgan fingerprint density at radius 2 is 2.19 bits per heavy atom. The summed E-state index contributed by atoms with van der Waals surface area (Å²) in [5.41, 5.74) is 1.13. The summed E-state index contributed by atoms with van der Waals surface area (Å²) < 4.78 is 7.73. The smallest absolute Gasteiger partial charge is 0.233 e. The molecule has 0 saturated heterocycles. The Kier molecular flexibility index (Phi) is 7.47. The standard InChI is InChI=1S/C19H24N4O2S/c1-5-10-20-18(24)15(4)26-19-22-21-17(23(19)11-6-2)13-25-16-9-7-8-14(3)12-16/h5-9,12,15H,1-2,10-11,13H2,3-4H3,(H,20,24)/t15-/m1/s1. The van der Waals surface area contributed by atoms with Gasteiger partial charge in [-0.2, -0.15) is 0 Å². The van der Waals surface area contributed by atoms with Gasteiger partial charge in [0.15, 0.2) is 11.0 Å². The third-order valence-corrected chi connectivity index (χ3v) is 4.62. The van der Waals surface area contributed by atoms with Crippen LogP contribution in [0.4, 0.5) is 0 Å². The van der Waals surface area contributed by atoms with Crippen molar-refractivity contribution in [3.63, 3.8) is 0 Å². The predicted molar refractivity (Wildman–Crippen MR) is 104 cm³/mol. The van der Waals surface area contributed by atoms with Gasteiger partial charge < -0.3 is 10.1 Å². The molecule has 1 N–H and O–H groups in total. The molecule has 0 aliphatic carbocycles. The highest BCUT2D eigenvalue weighted by atomic mass is 32.2. The van der Waals surface area contributed by atoms with Crippen molar-refractivity contribution in [2.45, 2.75) is 37.4 Å². The average Bonchev–Trinajstić information content (AvgIpc) is 3.00. The Morgan fingerprint density at radius 3 is 2.88 bits per heavy atom. The van der Waals surface area contributed by atoms with E-state index in [-0.39, 0.29) is 11.2 Å². The van der Waals surface area contributed by atoms with Gasteiger partial charge in [0.05, 0.1) is 5.25 Å². The molecule has 0 aliphatic heterocycles. The molecule has 2 rings (SSSR count). The van der Waals surface area contributed by atoms with E-state index in [1.54, 1.807) is 12.2 Å².